The minimum absolute atomic E-state index is 0.0599. The Labute approximate surface area is 239 Å². The van der Waals surface area contributed by atoms with E-state index >= 15 is 0 Å². The van der Waals surface area contributed by atoms with Crippen molar-refractivity contribution in [2.45, 2.75) is 18.3 Å². The monoisotopic (exact) mass is 587 g/mol. The van der Waals surface area contributed by atoms with Crippen molar-refractivity contribution in [3.63, 3.8) is 0 Å². The van der Waals surface area contributed by atoms with Crippen LogP contribution in [0.5, 0.6) is 11.5 Å². The number of nitrogens with zero attached hydrogens (tertiary/aromatic N) is 2. The first-order chi connectivity index (χ1) is 20.4. The maximum atomic E-state index is 13.6. The van der Waals surface area contributed by atoms with E-state index in [1.807, 2.05) is 19.0 Å². The van der Waals surface area contributed by atoms with Crippen molar-refractivity contribution in [3.8, 4) is 11.5 Å². The molecule has 0 bridgehead atoms. The number of aryl methyl sites for hydroxylation is 1. The van der Waals surface area contributed by atoms with E-state index in [4.69, 9.17) is 9.57 Å². The lowest BCUT2D eigenvalue weighted by Crippen LogP contribution is -2.51. The number of oxime groups is 1. The molecule has 4 N–H and O–H groups in total. The van der Waals surface area contributed by atoms with Gasteiger partial charge in [-0.2, -0.15) is 0 Å². The Morgan fingerprint density at radius 2 is 1.63 bits per heavy atom. The summed E-state index contributed by atoms with van der Waals surface area (Å²) in [5, 5.41) is 35.8. The summed E-state index contributed by atoms with van der Waals surface area (Å²) >= 11 is 0. The van der Waals surface area contributed by atoms with Gasteiger partial charge in [-0.05, 0) is 44.0 Å². The molecule has 1 spiro atoms. The van der Waals surface area contributed by atoms with Gasteiger partial charge < -0.3 is 34.8 Å². The number of rotatable bonds is 6. The summed E-state index contributed by atoms with van der Waals surface area (Å²) in [6.07, 6.45) is 1.40. The van der Waals surface area contributed by atoms with E-state index in [9.17, 15) is 39.3 Å². The molecule has 1 unspecified atom stereocenters. The van der Waals surface area contributed by atoms with Gasteiger partial charge in [0, 0.05) is 18.2 Å². The van der Waals surface area contributed by atoms with Crippen LogP contribution in [0.3, 0.4) is 0 Å². The topological polar surface area (TPSA) is 196 Å². The lowest BCUT2D eigenvalue weighted by atomic mass is 9.78. The molecule has 4 aliphatic rings. The fraction of sp³-hybridized carbons (Fsp3) is 0.267. The van der Waals surface area contributed by atoms with Gasteiger partial charge in [-0.3, -0.25) is 24.0 Å². The van der Waals surface area contributed by atoms with E-state index in [1.165, 1.54) is 6.21 Å². The molecule has 0 radical (unpaired) electrons. The summed E-state index contributed by atoms with van der Waals surface area (Å²) in [6, 6.07) is 3.95. The zero-order valence-corrected chi connectivity index (χ0v) is 23.2. The number of methoxy groups -OCH3 is 1. The van der Waals surface area contributed by atoms with Crippen molar-refractivity contribution < 1.29 is 24.9 Å². The maximum Gasteiger partial charge on any atom is 0.260 e. The van der Waals surface area contributed by atoms with Crippen molar-refractivity contribution in [1.82, 2.24) is 9.88 Å². The van der Waals surface area contributed by atoms with Crippen molar-refractivity contribution in [2.75, 3.05) is 34.4 Å². The van der Waals surface area contributed by atoms with Crippen molar-refractivity contribution in [1.29, 1.82) is 0 Å². The van der Waals surface area contributed by atoms with Gasteiger partial charge in [-0.1, -0.05) is 11.2 Å². The Kier molecular flexibility index (Phi) is 6.24. The number of aliphatic hydroxyl groups is 2. The van der Waals surface area contributed by atoms with Gasteiger partial charge in [0.05, 0.1) is 45.3 Å². The average molecular weight is 588 g/mol. The number of fused-ring (bicyclic) bond motifs is 4. The number of hydrogen-bond donors (Lipinski definition) is 4. The number of aromatic hydroxyl groups is 1. The lowest BCUT2D eigenvalue weighted by Gasteiger charge is -2.27. The van der Waals surface area contributed by atoms with Crippen LogP contribution in [-0.2, 0) is 16.7 Å². The predicted molar refractivity (Wildman–Crippen MR) is 155 cm³/mol. The van der Waals surface area contributed by atoms with Gasteiger partial charge in [0.25, 0.3) is 5.56 Å². The van der Waals surface area contributed by atoms with Crippen molar-refractivity contribution >= 4 is 28.5 Å². The van der Waals surface area contributed by atoms with E-state index in [2.05, 4.69) is 10.1 Å². The zero-order valence-electron chi connectivity index (χ0n) is 23.2. The van der Waals surface area contributed by atoms with Gasteiger partial charge in [-0.25, -0.2) is 0 Å². The number of hydrogen-bond acceptors (Lipinski definition) is 12. The summed E-state index contributed by atoms with van der Waals surface area (Å²) in [5.74, 6) is -2.53. The smallest absolute Gasteiger partial charge is 0.260 e. The van der Waals surface area contributed by atoms with Crippen LogP contribution >= 0.6 is 0 Å². The normalized spacial score (nSPS) is 17.6. The summed E-state index contributed by atoms with van der Waals surface area (Å²) in [4.78, 5) is 75.6. The van der Waals surface area contributed by atoms with E-state index < -0.39 is 76.6 Å². The van der Waals surface area contributed by atoms with Crippen LogP contribution in [0.1, 0.15) is 23.2 Å². The third-order valence-corrected chi connectivity index (χ3v) is 8.17. The number of aliphatic hydroxyl groups excluding tert-OH is 2. The second-order valence-electron chi connectivity index (χ2n) is 10.8. The first-order valence-corrected chi connectivity index (χ1v) is 13.2. The van der Waals surface area contributed by atoms with E-state index in [1.54, 1.807) is 12.1 Å². The fourth-order valence-electron chi connectivity index (χ4n) is 6.21. The van der Waals surface area contributed by atoms with Crippen LogP contribution in [0, 0.1) is 10.4 Å². The molecule has 2 aromatic rings. The van der Waals surface area contributed by atoms with Crippen LogP contribution < -0.4 is 42.4 Å². The van der Waals surface area contributed by atoms with Crippen LogP contribution in [0.15, 0.2) is 47.3 Å². The van der Waals surface area contributed by atoms with Gasteiger partial charge in [0.1, 0.15) is 29.3 Å². The SMILES string of the molecule is COc1cc(=O)c2c(=O)c3c(c(=O)c=2c1=O)=C(O)C1(CCc2cc4cc(/C=N/OCCN(C)C)[nH]c(=O)c4c(O)c21)C=3O. The molecular formula is C30H25N3O10. The Morgan fingerprint density at radius 1 is 0.953 bits per heavy atom. The minimum Gasteiger partial charge on any atom is -0.510 e. The fourth-order valence-corrected chi connectivity index (χ4v) is 6.21. The Morgan fingerprint density at radius 3 is 2.28 bits per heavy atom. The standard InChI is InChI=1S/C30H25N3O10/c1-33(2)6-7-43-31-11-14-9-13-8-12-4-5-30(22(12)26(38)17(13)29(41)32-14)27(39)20-21(28(30)40)25(37)19-18(24(20)36)15(34)10-16(42-3)23(19)35/h8-11,38-40H,4-7H2,1-3H3,(H,32,41)/b31-11+. The maximum absolute atomic E-state index is 13.6. The molecule has 43 heavy (non-hydrogen) atoms. The molecule has 13 nitrogen and oxygen atoms in total. The first-order valence-electron chi connectivity index (χ1n) is 13.2. The third-order valence-electron chi connectivity index (χ3n) is 8.17. The molecule has 6 rings (SSSR count). The highest BCUT2D eigenvalue weighted by molar-refractivity contribution is 5.96. The Hall–Kier alpha value is -5.30. The molecule has 1 aromatic heterocycles. The van der Waals surface area contributed by atoms with Gasteiger partial charge in [0.2, 0.25) is 16.3 Å². The molecule has 1 atom stereocenters. The van der Waals surface area contributed by atoms with Gasteiger partial charge in [0.15, 0.2) is 11.2 Å². The number of phenols is 1. The molecule has 1 heterocycles. The quantitative estimate of drug-likeness (QED) is 0.116. The molecule has 0 fully saturated rings. The average Bonchev–Trinajstić information content (AvgIpc) is 3.44. The highest BCUT2D eigenvalue weighted by Crippen LogP contribution is 2.54. The minimum atomic E-state index is -1.96. The molecule has 1 aromatic carbocycles. The van der Waals surface area contributed by atoms with Crippen LogP contribution in [-0.4, -0.2) is 65.8 Å². The number of aromatic amines is 1. The number of benzene rings is 1. The molecule has 0 saturated carbocycles. The first kappa shape index (κ1) is 27.8. The summed E-state index contributed by atoms with van der Waals surface area (Å²) < 4.78 is 4.89. The van der Waals surface area contributed by atoms with E-state index in [-0.39, 0.29) is 23.8 Å². The number of nitrogens with one attached hydrogen (secondary N) is 1. The lowest BCUT2D eigenvalue weighted by molar-refractivity contribution is 0.127. The number of phenolic OH excluding ortho intramolecular Hbond substituents is 1. The second-order valence-corrected chi connectivity index (χ2v) is 10.8. The molecule has 13 heteroatoms. The number of H-pyrrole nitrogens is 1. The molecule has 0 saturated heterocycles. The van der Waals surface area contributed by atoms with Gasteiger partial charge >= 0.3 is 0 Å². The predicted octanol–water partition coefficient (Wildman–Crippen LogP) is -1.57. The summed E-state index contributed by atoms with van der Waals surface area (Å²) in [7, 11) is 4.88. The molecule has 220 valence electrons. The number of pyridine rings is 1. The third kappa shape index (κ3) is 3.74. The highest BCUT2D eigenvalue weighted by atomic mass is 16.6. The number of aromatic nitrogens is 1. The van der Waals surface area contributed by atoms with Crippen LogP contribution in [0.25, 0.3) is 22.3 Å². The van der Waals surface area contributed by atoms with E-state index in [0.717, 1.165) is 13.2 Å². The summed E-state index contributed by atoms with van der Waals surface area (Å²) in [6.45, 7) is 0.957. The number of ether oxygens (including phenoxy) is 1. The van der Waals surface area contributed by atoms with Crippen LogP contribution in [0.2, 0.25) is 0 Å². The zero-order chi connectivity index (χ0) is 31.0. The Balaban J connectivity index is 1.60. The molecule has 4 aliphatic carbocycles. The largest absolute Gasteiger partial charge is 0.510 e. The Bertz CT molecular complexity index is 2390. The van der Waals surface area contributed by atoms with Crippen molar-refractivity contribution in [3.05, 3.63) is 107 Å². The molecule has 0 aliphatic heterocycles. The van der Waals surface area contributed by atoms with Crippen LogP contribution in [0.4, 0.5) is 0 Å². The van der Waals surface area contributed by atoms with Gasteiger partial charge in [-0.15, -0.1) is 0 Å². The van der Waals surface area contributed by atoms with Crippen molar-refractivity contribution in [2.24, 2.45) is 5.16 Å². The summed E-state index contributed by atoms with van der Waals surface area (Å²) in [5.41, 5.74) is -6.21. The van der Waals surface area contributed by atoms with E-state index in [0.29, 0.717) is 29.8 Å². The molecule has 0 amide bonds. The molecular weight excluding hydrogens is 562 g/mol. The number of likely N-dealkylation sites (N-methyl/N-ethyl adjacent to an activating group) is 1. The highest BCUT2D eigenvalue weighted by Gasteiger charge is 2.53. The second kappa shape index (κ2) is 9.63.